The van der Waals surface area contributed by atoms with Crippen LogP contribution in [0.4, 0.5) is 0 Å². The molecule has 2 atom stereocenters. The Labute approximate surface area is 128 Å². The molecule has 0 saturated carbocycles. The molecule has 2 aliphatic rings. The summed E-state index contributed by atoms with van der Waals surface area (Å²) >= 11 is 0. The van der Waals surface area contributed by atoms with Gasteiger partial charge in [0.2, 0.25) is 0 Å². The van der Waals surface area contributed by atoms with Gasteiger partial charge in [0.25, 0.3) is 0 Å². The highest BCUT2D eigenvalue weighted by molar-refractivity contribution is 5.86. The fraction of sp³-hybridized carbons (Fsp3) is 0.500. The van der Waals surface area contributed by atoms with Crippen LogP contribution in [0.15, 0.2) is 47.6 Å². The molecule has 112 valence electrons. The highest BCUT2D eigenvalue weighted by atomic mass is 15.3. The van der Waals surface area contributed by atoms with E-state index < -0.39 is 0 Å². The van der Waals surface area contributed by atoms with Gasteiger partial charge in [0.15, 0.2) is 0 Å². The van der Waals surface area contributed by atoms with E-state index in [1.807, 2.05) is 6.20 Å². The van der Waals surface area contributed by atoms with Crippen LogP contribution in [0.2, 0.25) is 0 Å². The number of hydrogen-bond acceptors (Lipinski definition) is 3. The Morgan fingerprint density at radius 3 is 2.76 bits per heavy atom. The SMILES string of the molecule is CCC1CC=CN=C1N1CCN(C)CC1c1ccccc1. The zero-order valence-corrected chi connectivity index (χ0v) is 13.1. The van der Waals surface area contributed by atoms with E-state index in [1.165, 1.54) is 11.4 Å². The molecular formula is C18H25N3. The molecule has 2 unspecified atom stereocenters. The molecule has 1 aromatic rings. The van der Waals surface area contributed by atoms with Gasteiger partial charge in [-0.1, -0.05) is 43.3 Å². The Morgan fingerprint density at radius 2 is 2.00 bits per heavy atom. The van der Waals surface area contributed by atoms with Crippen LogP contribution in [0.1, 0.15) is 31.4 Å². The van der Waals surface area contributed by atoms with Crippen molar-refractivity contribution < 1.29 is 0 Å². The van der Waals surface area contributed by atoms with E-state index in [0.29, 0.717) is 12.0 Å². The van der Waals surface area contributed by atoms with E-state index in [1.54, 1.807) is 0 Å². The number of benzene rings is 1. The quantitative estimate of drug-likeness (QED) is 0.829. The normalized spacial score (nSPS) is 26.8. The molecule has 1 fully saturated rings. The zero-order valence-electron chi connectivity index (χ0n) is 13.1. The lowest BCUT2D eigenvalue weighted by atomic mass is 9.94. The molecular weight excluding hydrogens is 258 g/mol. The van der Waals surface area contributed by atoms with Gasteiger partial charge >= 0.3 is 0 Å². The maximum absolute atomic E-state index is 4.75. The number of piperazine rings is 1. The predicted octanol–water partition coefficient (Wildman–Crippen LogP) is 3.32. The second-order valence-corrected chi connectivity index (χ2v) is 6.10. The van der Waals surface area contributed by atoms with Crippen LogP contribution in [0.25, 0.3) is 0 Å². The minimum absolute atomic E-state index is 0.421. The number of amidine groups is 1. The van der Waals surface area contributed by atoms with Crippen molar-refractivity contribution in [2.45, 2.75) is 25.8 Å². The first-order valence-electron chi connectivity index (χ1n) is 8.02. The van der Waals surface area contributed by atoms with Crippen molar-refractivity contribution in [2.24, 2.45) is 10.9 Å². The molecule has 0 aromatic heterocycles. The molecule has 3 nitrogen and oxygen atoms in total. The highest BCUT2D eigenvalue weighted by Crippen LogP contribution is 2.29. The van der Waals surface area contributed by atoms with Gasteiger partial charge in [0, 0.05) is 31.8 Å². The third kappa shape index (κ3) is 3.03. The van der Waals surface area contributed by atoms with E-state index in [-0.39, 0.29) is 0 Å². The molecule has 0 bridgehead atoms. The van der Waals surface area contributed by atoms with Crippen LogP contribution in [0.3, 0.4) is 0 Å². The molecule has 1 aromatic carbocycles. The molecule has 3 heteroatoms. The molecule has 21 heavy (non-hydrogen) atoms. The number of aliphatic imine (C=N–C) groups is 1. The summed E-state index contributed by atoms with van der Waals surface area (Å²) in [5.41, 5.74) is 1.40. The summed E-state index contributed by atoms with van der Waals surface area (Å²) in [5.74, 6) is 1.87. The second kappa shape index (κ2) is 6.44. The van der Waals surface area contributed by atoms with Crippen molar-refractivity contribution in [1.82, 2.24) is 9.80 Å². The van der Waals surface area contributed by atoms with E-state index in [4.69, 9.17) is 4.99 Å². The lowest BCUT2D eigenvalue weighted by Gasteiger charge is -2.44. The van der Waals surface area contributed by atoms with E-state index in [9.17, 15) is 0 Å². The van der Waals surface area contributed by atoms with Gasteiger partial charge in [-0.15, -0.1) is 0 Å². The Kier molecular flexibility index (Phi) is 4.39. The summed E-state index contributed by atoms with van der Waals surface area (Å²) in [6, 6.07) is 11.3. The van der Waals surface area contributed by atoms with Gasteiger partial charge in [-0.3, -0.25) is 0 Å². The fourth-order valence-electron chi connectivity index (χ4n) is 3.38. The Hall–Kier alpha value is -1.61. The molecule has 0 aliphatic carbocycles. The Balaban J connectivity index is 1.91. The third-order valence-corrected chi connectivity index (χ3v) is 4.65. The number of nitrogens with zero attached hydrogens (tertiary/aromatic N) is 3. The molecule has 2 aliphatic heterocycles. The van der Waals surface area contributed by atoms with Gasteiger partial charge in [-0.2, -0.15) is 0 Å². The largest absolute Gasteiger partial charge is 0.350 e. The Bertz CT molecular complexity index is 521. The minimum atomic E-state index is 0.421. The summed E-state index contributed by atoms with van der Waals surface area (Å²) in [7, 11) is 2.22. The summed E-state index contributed by atoms with van der Waals surface area (Å²) in [5, 5.41) is 0. The standard InChI is InChI=1S/C18H25N3/c1-3-15-10-7-11-19-18(15)21-13-12-20(2)14-17(21)16-8-5-4-6-9-16/h4-9,11,15,17H,3,10,12-14H2,1-2H3. The molecule has 2 heterocycles. The summed E-state index contributed by atoms with van der Waals surface area (Å²) in [6.45, 7) is 5.53. The minimum Gasteiger partial charge on any atom is -0.350 e. The first-order chi connectivity index (χ1) is 10.3. The van der Waals surface area contributed by atoms with Gasteiger partial charge in [-0.25, -0.2) is 4.99 Å². The van der Waals surface area contributed by atoms with Crippen LogP contribution in [0, 0.1) is 5.92 Å². The van der Waals surface area contributed by atoms with Crippen molar-refractivity contribution in [3.63, 3.8) is 0 Å². The number of rotatable bonds is 2. The van der Waals surface area contributed by atoms with Crippen LogP contribution >= 0.6 is 0 Å². The van der Waals surface area contributed by atoms with Gasteiger partial charge in [-0.05, 0) is 25.5 Å². The molecule has 0 radical (unpaired) electrons. The average molecular weight is 283 g/mol. The summed E-state index contributed by atoms with van der Waals surface area (Å²) in [4.78, 5) is 9.72. The Morgan fingerprint density at radius 1 is 1.19 bits per heavy atom. The maximum Gasteiger partial charge on any atom is 0.108 e. The zero-order chi connectivity index (χ0) is 14.7. The van der Waals surface area contributed by atoms with E-state index in [0.717, 1.165) is 32.5 Å². The third-order valence-electron chi connectivity index (χ3n) is 4.65. The van der Waals surface area contributed by atoms with Crippen molar-refractivity contribution in [1.29, 1.82) is 0 Å². The summed E-state index contributed by atoms with van der Waals surface area (Å²) in [6.07, 6.45) is 6.48. The second-order valence-electron chi connectivity index (χ2n) is 6.10. The lowest BCUT2D eigenvalue weighted by Crippen LogP contribution is -2.51. The smallest absolute Gasteiger partial charge is 0.108 e. The van der Waals surface area contributed by atoms with Gasteiger partial charge < -0.3 is 9.80 Å². The van der Waals surface area contributed by atoms with Crippen molar-refractivity contribution in [3.8, 4) is 0 Å². The van der Waals surface area contributed by atoms with E-state index in [2.05, 4.69) is 60.2 Å². The van der Waals surface area contributed by atoms with Crippen LogP contribution in [0.5, 0.6) is 0 Å². The predicted molar refractivity (Wildman–Crippen MR) is 88.4 cm³/mol. The van der Waals surface area contributed by atoms with Crippen molar-refractivity contribution in [3.05, 3.63) is 48.2 Å². The first kappa shape index (κ1) is 14.3. The molecule has 0 N–H and O–H groups in total. The molecule has 0 spiro atoms. The average Bonchev–Trinajstić information content (AvgIpc) is 2.55. The topological polar surface area (TPSA) is 18.8 Å². The highest BCUT2D eigenvalue weighted by Gasteiger charge is 2.32. The van der Waals surface area contributed by atoms with Crippen LogP contribution in [-0.2, 0) is 0 Å². The number of allylic oxidation sites excluding steroid dienone is 1. The maximum atomic E-state index is 4.75. The van der Waals surface area contributed by atoms with E-state index >= 15 is 0 Å². The van der Waals surface area contributed by atoms with Gasteiger partial charge in [0.05, 0.1) is 6.04 Å². The molecule has 0 amide bonds. The number of likely N-dealkylation sites (N-methyl/N-ethyl adjacent to an activating group) is 1. The molecule has 3 rings (SSSR count). The number of hydrogen-bond donors (Lipinski definition) is 0. The van der Waals surface area contributed by atoms with Crippen molar-refractivity contribution in [2.75, 3.05) is 26.7 Å². The van der Waals surface area contributed by atoms with Crippen LogP contribution in [-0.4, -0.2) is 42.3 Å². The summed E-state index contributed by atoms with van der Waals surface area (Å²) < 4.78 is 0. The van der Waals surface area contributed by atoms with Gasteiger partial charge in [0.1, 0.15) is 5.84 Å². The monoisotopic (exact) mass is 283 g/mol. The first-order valence-corrected chi connectivity index (χ1v) is 8.02. The lowest BCUT2D eigenvalue weighted by molar-refractivity contribution is 0.145. The molecule has 1 saturated heterocycles. The van der Waals surface area contributed by atoms with Crippen molar-refractivity contribution >= 4 is 5.84 Å². The van der Waals surface area contributed by atoms with Crippen LogP contribution < -0.4 is 0 Å². The fourth-order valence-corrected chi connectivity index (χ4v) is 3.38.